The first kappa shape index (κ1) is 15.0. The van der Waals surface area contributed by atoms with Gasteiger partial charge in [-0.15, -0.1) is 23.4 Å². The van der Waals surface area contributed by atoms with Crippen molar-refractivity contribution in [3.63, 3.8) is 0 Å². The lowest BCUT2D eigenvalue weighted by Crippen LogP contribution is -2.41. The number of benzene rings is 1. The molecule has 1 amide bonds. The fourth-order valence-corrected chi connectivity index (χ4v) is 3.62. The molecule has 1 aliphatic rings. The van der Waals surface area contributed by atoms with Gasteiger partial charge in [0.2, 0.25) is 5.91 Å². The molecule has 104 valence electrons. The Labute approximate surface area is 128 Å². The van der Waals surface area contributed by atoms with Crippen LogP contribution in [0.25, 0.3) is 0 Å². The first-order valence-corrected chi connectivity index (χ1v) is 8.16. The van der Waals surface area contributed by atoms with E-state index in [0.29, 0.717) is 10.9 Å². The number of hydrogen-bond donors (Lipinski definition) is 0. The molecule has 0 bridgehead atoms. The van der Waals surface area contributed by atoms with Crippen LogP contribution in [0.3, 0.4) is 0 Å². The SMILES string of the molecule is CC(C)(CCl)C(=O)N1CCSC1c1cccc(Cl)c1. The molecule has 1 aromatic carbocycles. The van der Waals surface area contributed by atoms with E-state index in [1.807, 2.05) is 43.0 Å². The molecular weight excluding hydrogens is 301 g/mol. The number of nitrogens with zero attached hydrogens (tertiary/aromatic N) is 1. The highest BCUT2D eigenvalue weighted by atomic mass is 35.5. The lowest BCUT2D eigenvalue weighted by Gasteiger charge is -2.31. The Hall–Kier alpha value is -0.380. The minimum atomic E-state index is -0.525. The third kappa shape index (κ3) is 3.21. The summed E-state index contributed by atoms with van der Waals surface area (Å²) in [4.78, 5) is 14.5. The number of rotatable bonds is 3. The van der Waals surface area contributed by atoms with E-state index < -0.39 is 5.41 Å². The fourth-order valence-electron chi connectivity index (χ4n) is 2.06. The van der Waals surface area contributed by atoms with Gasteiger partial charge in [-0.1, -0.05) is 23.7 Å². The van der Waals surface area contributed by atoms with Crippen molar-refractivity contribution in [3.05, 3.63) is 34.9 Å². The second-order valence-electron chi connectivity index (χ2n) is 5.29. The Morgan fingerprint density at radius 2 is 2.26 bits per heavy atom. The zero-order valence-electron chi connectivity index (χ0n) is 11.0. The monoisotopic (exact) mass is 317 g/mol. The van der Waals surface area contributed by atoms with Crippen molar-refractivity contribution in [3.8, 4) is 0 Å². The van der Waals surface area contributed by atoms with Crippen molar-refractivity contribution in [1.82, 2.24) is 4.90 Å². The number of hydrogen-bond acceptors (Lipinski definition) is 2. The Bertz CT molecular complexity index is 478. The Morgan fingerprint density at radius 1 is 1.53 bits per heavy atom. The molecule has 1 aliphatic heterocycles. The minimum Gasteiger partial charge on any atom is -0.325 e. The summed E-state index contributed by atoms with van der Waals surface area (Å²) in [5, 5.41) is 0.752. The summed E-state index contributed by atoms with van der Waals surface area (Å²) in [7, 11) is 0. The van der Waals surface area contributed by atoms with Gasteiger partial charge in [0.15, 0.2) is 0 Å². The van der Waals surface area contributed by atoms with E-state index in [-0.39, 0.29) is 11.3 Å². The van der Waals surface area contributed by atoms with E-state index >= 15 is 0 Å². The molecule has 1 unspecified atom stereocenters. The van der Waals surface area contributed by atoms with Crippen LogP contribution >= 0.6 is 35.0 Å². The summed E-state index contributed by atoms with van der Waals surface area (Å²) in [6.45, 7) is 4.54. The molecule has 2 nitrogen and oxygen atoms in total. The smallest absolute Gasteiger partial charge is 0.230 e. The second kappa shape index (κ2) is 5.94. The molecule has 1 atom stereocenters. The van der Waals surface area contributed by atoms with E-state index in [4.69, 9.17) is 23.2 Å². The highest BCUT2D eigenvalue weighted by Crippen LogP contribution is 2.40. The van der Waals surface area contributed by atoms with Crippen molar-refractivity contribution in [1.29, 1.82) is 0 Å². The number of alkyl halides is 1. The van der Waals surface area contributed by atoms with E-state index in [9.17, 15) is 4.79 Å². The molecule has 1 saturated heterocycles. The summed E-state index contributed by atoms with van der Waals surface area (Å²) in [5.41, 5.74) is 0.553. The molecule has 0 radical (unpaired) electrons. The molecule has 1 heterocycles. The van der Waals surface area contributed by atoms with Crippen LogP contribution in [0.4, 0.5) is 0 Å². The van der Waals surface area contributed by atoms with Gasteiger partial charge in [-0.25, -0.2) is 0 Å². The van der Waals surface area contributed by atoms with Crippen molar-refractivity contribution in [2.45, 2.75) is 19.2 Å². The van der Waals surface area contributed by atoms with Gasteiger partial charge >= 0.3 is 0 Å². The van der Waals surface area contributed by atoms with Gasteiger partial charge < -0.3 is 4.90 Å². The first-order valence-electron chi connectivity index (χ1n) is 6.20. The molecule has 0 N–H and O–H groups in total. The summed E-state index contributed by atoms with van der Waals surface area (Å²) >= 11 is 13.7. The van der Waals surface area contributed by atoms with E-state index in [0.717, 1.165) is 17.9 Å². The summed E-state index contributed by atoms with van der Waals surface area (Å²) in [6, 6.07) is 7.72. The van der Waals surface area contributed by atoms with Crippen LogP contribution in [0.1, 0.15) is 24.8 Å². The van der Waals surface area contributed by atoms with Crippen molar-refractivity contribution in [2.75, 3.05) is 18.2 Å². The third-order valence-corrected chi connectivity index (χ3v) is 5.36. The number of carbonyl (C=O) groups excluding carboxylic acids is 1. The van der Waals surface area contributed by atoms with E-state index in [1.165, 1.54) is 0 Å². The Morgan fingerprint density at radius 3 is 2.89 bits per heavy atom. The number of carbonyl (C=O) groups is 1. The zero-order valence-corrected chi connectivity index (χ0v) is 13.4. The molecule has 1 fully saturated rings. The largest absolute Gasteiger partial charge is 0.325 e. The quantitative estimate of drug-likeness (QED) is 0.779. The average Bonchev–Trinajstić information content (AvgIpc) is 2.86. The second-order valence-corrected chi connectivity index (χ2v) is 7.19. The van der Waals surface area contributed by atoms with Gasteiger partial charge in [0.05, 0.1) is 5.41 Å². The lowest BCUT2D eigenvalue weighted by atomic mass is 9.94. The van der Waals surface area contributed by atoms with Crippen molar-refractivity contribution >= 4 is 40.9 Å². The average molecular weight is 318 g/mol. The van der Waals surface area contributed by atoms with Crippen LogP contribution in [0, 0.1) is 5.41 Å². The van der Waals surface area contributed by atoms with Crippen LogP contribution in [0.2, 0.25) is 5.02 Å². The summed E-state index contributed by atoms with van der Waals surface area (Å²) in [5.74, 6) is 1.38. The fraction of sp³-hybridized carbons (Fsp3) is 0.500. The molecule has 0 aliphatic carbocycles. The zero-order chi connectivity index (χ0) is 14.0. The van der Waals surface area contributed by atoms with Gasteiger partial charge in [-0.2, -0.15) is 0 Å². The molecule has 0 saturated carbocycles. The predicted octanol–water partition coefficient (Wildman–Crippen LogP) is 4.18. The first-order chi connectivity index (χ1) is 8.95. The molecule has 19 heavy (non-hydrogen) atoms. The van der Waals surface area contributed by atoms with Crippen LogP contribution in [-0.2, 0) is 4.79 Å². The van der Waals surface area contributed by atoms with Crippen LogP contribution in [0.5, 0.6) is 0 Å². The molecule has 1 aromatic rings. The van der Waals surface area contributed by atoms with Crippen molar-refractivity contribution < 1.29 is 4.79 Å². The maximum atomic E-state index is 12.6. The Balaban J connectivity index is 2.24. The van der Waals surface area contributed by atoms with Gasteiger partial charge in [0.1, 0.15) is 5.37 Å². The highest BCUT2D eigenvalue weighted by Gasteiger charge is 2.38. The van der Waals surface area contributed by atoms with Crippen molar-refractivity contribution in [2.24, 2.45) is 5.41 Å². The van der Waals surface area contributed by atoms with Crippen LogP contribution in [-0.4, -0.2) is 29.0 Å². The molecule has 0 aromatic heterocycles. The predicted molar refractivity (Wildman–Crippen MR) is 82.9 cm³/mol. The molecule has 2 rings (SSSR count). The topological polar surface area (TPSA) is 20.3 Å². The maximum absolute atomic E-state index is 12.6. The lowest BCUT2D eigenvalue weighted by molar-refractivity contribution is -0.139. The summed E-state index contributed by atoms with van der Waals surface area (Å²) in [6.07, 6.45) is 0. The number of halogens is 2. The minimum absolute atomic E-state index is 0.0497. The van der Waals surface area contributed by atoms with Gasteiger partial charge in [0, 0.05) is 23.2 Å². The highest BCUT2D eigenvalue weighted by molar-refractivity contribution is 7.99. The van der Waals surface area contributed by atoms with E-state index in [1.54, 1.807) is 11.8 Å². The number of amides is 1. The van der Waals surface area contributed by atoms with Crippen LogP contribution < -0.4 is 0 Å². The standard InChI is InChI=1S/C14H17Cl2NOS/c1-14(2,9-15)13(18)17-6-7-19-12(17)10-4-3-5-11(16)8-10/h3-5,8,12H,6-7,9H2,1-2H3. The molecular formula is C14H17Cl2NOS. The molecule has 0 spiro atoms. The van der Waals surface area contributed by atoms with E-state index in [2.05, 4.69) is 0 Å². The third-order valence-electron chi connectivity index (χ3n) is 3.20. The molecule has 5 heteroatoms. The number of thioether (sulfide) groups is 1. The van der Waals surface area contributed by atoms with Gasteiger partial charge in [-0.05, 0) is 31.5 Å². The Kier molecular flexibility index (Phi) is 4.70. The van der Waals surface area contributed by atoms with Crippen LogP contribution in [0.15, 0.2) is 24.3 Å². The van der Waals surface area contributed by atoms with Gasteiger partial charge in [0.25, 0.3) is 0 Å². The summed E-state index contributed by atoms with van der Waals surface area (Å²) < 4.78 is 0. The normalized spacial score (nSPS) is 19.8. The maximum Gasteiger partial charge on any atom is 0.230 e. The van der Waals surface area contributed by atoms with Gasteiger partial charge in [-0.3, -0.25) is 4.79 Å².